The predicted octanol–water partition coefficient (Wildman–Crippen LogP) is 0.750. The zero-order valence-corrected chi connectivity index (χ0v) is 10.8. The molecule has 0 saturated carbocycles. The molecule has 0 aliphatic heterocycles. The van der Waals surface area contributed by atoms with E-state index < -0.39 is 0 Å². The first-order chi connectivity index (χ1) is 8.17. The third-order valence-corrected chi connectivity index (χ3v) is 2.63. The highest BCUT2D eigenvalue weighted by molar-refractivity contribution is 5.78. The molecule has 0 aromatic carbocycles. The summed E-state index contributed by atoms with van der Waals surface area (Å²) in [6.45, 7) is 4.04. The van der Waals surface area contributed by atoms with E-state index in [-0.39, 0.29) is 11.8 Å². The third kappa shape index (κ3) is 6.93. The number of nitriles is 1. The molecule has 1 atom stereocenters. The second-order valence-corrected chi connectivity index (χ2v) is 4.06. The number of hydrogen-bond donors (Lipinski definition) is 1. The van der Waals surface area contributed by atoms with Gasteiger partial charge in [-0.2, -0.15) is 5.26 Å². The van der Waals surface area contributed by atoms with Crippen molar-refractivity contribution >= 4 is 5.91 Å². The number of carbonyl (C=O) groups excluding carboxylic acids is 1. The molecule has 17 heavy (non-hydrogen) atoms. The summed E-state index contributed by atoms with van der Waals surface area (Å²) in [7, 11) is 1.60. The lowest BCUT2D eigenvalue weighted by molar-refractivity contribution is -0.135. The first-order valence-electron chi connectivity index (χ1n) is 6.02. The molecule has 0 radical (unpaired) electrons. The maximum absolute atomic E-state index is 12.1. The van der Waals surface area contributed by atoms with E-state index >= 15 is 0 Å². The zero-order valence-electron chi connectivity index (χ0n) is 10.8. The summed E-state index contributed by atoms with van der Waals surface area (Å²) in [5, 5.41) is 8.57. The predicted molar refractivity (Wildman–Crippen MR) is 66.1 cm³/mol. The maximum Gasteiger partial charge on any atom is 0.225 e. The van der Waals surface area contributed by atoms with Crippen molar-refractivity contribution in [2.45, 2.75) is 26.2 Å². The number of nitrogens with two attached hydrogens (primary N) is 1. The lowest BCUT2D eigenvalue weighted by atomic mass is 10.0. The topological polar surface area (TPSA) is 79.3 Å². The van der Waals surface area contributed by atoms with Crippen LogP contribution in [0.1, 0.15) is 26.2 Å². The van der Waals surface area contributed by atoms with Crippen LogP contribution in [-0.4, -0.2) is 44.2 Å². The molecule has 0 saturated heterocycles. The monoisotopic (exact) mass is 241 g/mol. The van der Waals surface area contributed by atoms with Crippen LogP contribution in [0.25, 0.3) is 0 Å². The largest absolute Gasteiger partial charge is 0.383 e. The molecule has 0 bridgehead atoms. The van der Waals surface area contributed by atoms with Gasteiger partial charge in [0.2, 0.25) is 5.91 Å². The van der Waals surface area contributed by atoms with Crippen LogP contribution < -0.4 is 5.73 Å². The number of amides is 1. The van der Waals surface area contributed by atoms with Gasteiger partial charge in [-0.3, -0.25) is 4.79 Å². The van der Waals surface area contributed by atoms with E-state index in [0.717, 1.165) is 12.8 Å². The van der Waals surface area contributed by atoms with Crippen molar-refractivity contribution in [2.75, 3.05) is 33.4 Å². The molecule has 98 valence electrons. The van der Waals surface area contributed by atoms with Crippen molar-refractivity contribution in [1.82, 2.24) is 4.90 Å². The highest BCUT2D eigenvalue weighted by atomic mass is 16.5. The van der Waals surface area contributed by atoms with E-state index in [1.807, 2.05) is 6.92 Å². The molecule has 0 fully saturated rings. The second-order valence-electron chi connectivity index (χ2n) is 4.06. The fraction of sp³-hybridized carbons (Fsp3) is 0.833. The summed E-state index contributed by atoms with van der Waals surface area (Å²) >= 11 is 0. The molecule has 0 aliphatic carbocycles. The van der Waals surface area contributed by atoms with Gasteiger partial charge in [-0.05, 0) is 19.4 Å². The molecule has 0 heterocycles. The fourth-order valence-electron chi connectivity index (χ4n) is 1.58. The smallest absolute Gasteiger partial charge is 0.225 e. The van der Waals surface area contributed by atoms with Gasteiger partial charge in [-0.15, -0.1) is 0 Å². The number of carbonyl (C=O) groups is 1. The van der Waals surface area contributed by atoms with Gasteiger partial charge in [0, 0.05) is 26.1 Å². The minimum absolute atomic E-state index is 0.0332. The van der Waals surface area contributed by atoms with Gasteiger partial charge < -0.3 is 15.4 Å². The van der Waals surface area contributed by atoms with Crippen molar-refractivity contribution in [3.8, 4) is 6.07 Å². The lowest BCUT2D eigenvalue weighted by Crippen LogP contribution is -2.38. The third-order valence-electron chi connectivity index (χ3n) is 2.63. The van der Waals surface area contributed by atoms with Crippen LogP contribution >= 0.6 is 0 Å². The SMILES string of the molecule is COCCN(CCC#N)C(=O)C(C)CCCN. The number of methoxy groups -OCH3 is 1. The quantitative estimate of drug-likeness (QED) is 0.646. The molecular weight excluding hydrogens is 218 g/mol. The number of nitrogens with zero attached hydrogens (tertiary/aromatic N) is 2. The van der Waals surface area contributed by atoms with E-state index in [2.05, 4.69) is 6.07 Å². The van der Waals surface area contributed by atoms with Crippen LogP contribution in [0.2, 0.25) is 0 Å². The Morgan fingerprint density at radius 1 is 1.53 bits per heavy atom. The molecule has 5 heteroatoms. The van der Waals surface area contributed by atoms with Gasteiger partial charge >= 0.3 is 0 Å². The molecular formula is C12H23N3O2. The highest BCUT2D eigenvalue weighted by Gasteiger charge is 2.19. The number of hydrogen-bond acceptors (Lipinski definition) is 4. The van der Waals surface area contributed by atoms with Crippen LogP contribution in [0, 0.1) is 17.2 Å². The molecule has 0 aromatic rings. The second kappa shape index (κ2) is 10.1. The van der Waals surface area contributed by atoms with Crippen LogP contribution in [0.3, 0.4) is 0 Å². The normalized spacial score (nSPS) is 11.9. The standard InChI is InChI=1S/C12H23N3O2/c1-11(5-3-6-13)12(16)15(8-4-7-14)9-10-17-2/h11H,3-6,8-10,13H2,1-2H3. The Morgan fingerprint density at radius 2 is 2.24 bits per heavy atom. The van der Waals surface area contributed by atoms with E-state index in [1.54, 1.807) is 12.0 Å². The number of rotatable bonds is 9. The maximum atomic E-state index is 12.1. The summed E-state index contributed by atoms with van der Waals surface area (Å²) < 4.78 is 4.97. The van der Waals surface area contributed by atoms with E-state index in [9.17, 15) is 4.79 Å². The highest BCUT2D eigenvalue weighted by Crippen LogP contribution is 2.09. The van der Waals surface area contributed by atoms with E-state index in [0.29, 0.717) is 32.7 Å². The summed E-state index contributed by atoms with van der Waals surface area (Å²) in [5.41, 5.74) is 5.43. The first kappa shape index (κ1) is 15.9. The van der Waals surface area contributed by atoms with Crippen LogP contribution in [0.4, 0.5) is 0 Å². The summed E-state index contributed by atoms with van der Waals surface area (Å²) in [6, 6.07) is 2.06. The Bertz CT molecular complexity index is 251. The van der Waals surface area contributed by atoms with Gasteiger partial charge in [0.25, 0.3) is 0 Å². The van der Waals surface area contributed by atoms with Gasteiger partial charge in [-0.1, -0.05) is 6.92 Å². The molecule has 0 aromatic heterocycles. The Morgan fingerprint density at radius 3 is 2.76 bits per heavy atom. The van der Waals surface area contributed by atoms with Gasteiger partial charge in [0.1, 0.15) is 0 Å². The van der Waals surface area contributed by atoms with Crippen molar-refractivity contribution in [3.63, 3.8) is 0 Å². The Balaban J connectivity index is 4.23. The average molecular weight is 241 g/mol. The molecule has 2 N–H and O–H groups in total. The summed E-state index contributed by atoms with van der Waals surface area (Å²) in [4.78, 5) is 13.8. The first-order valence-corrected chi connectivity index (χ1v) is 6.02. The molecule has 0 rings (SSSR count). The lowest BCUT2D eigenvalue weighted by Gasteiger charge is -2.24. The van der Waals surface area contributed by atoms with Crippen LogP contribution in [0.15, 0.2) is 0 Å². The van der Waals surface area contributed by atoms with Crippen molar-refractivity contribution in [1.29, 1.82) is 5.26 Å². The van der Waals surface area contributed by atoms with Crippen molar-refractivity contribution < 1.29 is 9.53 Å². The Kier molecular flexibility index (Phi) is 9.40. The zero-order chi connectivity index (χ0) is 13.1. The van der Waals surface area contributed by atoms with Gasteiger partial charge in [-0.25, -0.2) is 0 Å². The van der Waals surface area contributed by atoms with Crippen LogP contribution in [-0.2, 0) is 9.53 Å². The van der Waals surface area contributed by atoms with E-state index in [4.69, 9.17) is 15.7 Å². The van der Waals surface area contributed by atoms with Crippen molar-refractivity contribution in [3.05, 3.63) is 0 Å². The summed E-state index contributed by atoms with van der Waals surface area (Å²) in [5.74, 6) is 0.0554. The summed E-state index contributed by atoms with van der Waals surface area (Å²) in [6.07, 6.45) is 2.01. The number of ether oxygens (including phenoxy) is 1. The molecule has 5 nitrogen and oxygen atoms in total. The van der Waals surface area contributed by atoms with Gasteiger partial charge in [0.15, 0.2) is 0 Å². The molecule has 1 unspecified atom stereocenters. The van der Waals surface area contributed by atoms with Crippen molar-refractivity contribution in [2.24, 2.45) is 11.7 Å². The van der Waals surface area contributed by atoms with Crippen LogP contribution in [0.5, 0.6) is 0 Å². The Labute approximate surface area is 104 Å². The molecule has 0 aliphatic rings. The Hall–Kier alpha value is -1.12. The van der Waals surface area contributed by atoms with E-state index in [1.165, 1.54) is 0 Å². The minimum atomic E-state index is -0.0332. The fourth-order valence-corrected chi connectivity index (χ4v) is 1.58. The molecule has 0 spiro atoms. The average Bonchev–Trinajstić information content (AvgIpc) is 2.35. The minimum Gasteiger partial charge on any atom is -0.383 e. The van der Waals surface area contributed by atoms with Gasteiger partial charge in [0.05, 0.1) is 19.1 Å². The molecule has 1 amide bonds.